The van der Waals surface area contributed by atoms with Crippen LogP contribution in [0.3, 0.4) is 0 Å². The Kier molecular flexibility index (Phi) is 2.81. The Morgan fingerprint density at radius 1 is 1.47 bits per heavy atom. The van der Waals surface area contributed by atoms with Crippen molar-refractivity contribution in [3.05, 3.63) is 17.9 Å². The van der Waals surface area contributed by atoms with E-state index < -0.39 is 10.0 Å². The van der Waals surface area contributed by atoms with Gasteiger partial charge in [0.25, 0.3) is 10.0 Å². The van der Waals surface area contributed by atoms with Crippen molar-refractivity contribution in [2.45, 2.75) is 24.5 Å². The topological polar surface area (TPSA) is 85.3 Å². The highest BCUT2D eigenvalue weighted by atomic mass is 32.2. The molecule has 1 aliphatic rings. The highest BCUT2D eigenvalue weighted by Crippen LogP contribution is 2.27. The maximum atomic E-state index is 10.9. The average Bonchev–Trinajstić information content (AvgIpc) is 2.80. The molecule has 0 bridgehead atoms. The second-order valence-corrected chi connectivity index (χ2v) is 5.33. The van der Waals surface area contributed by atoms with Crippen LogP contribution < -0.4 is 10.5 Å². The van der Waals surface area contributed by atoms with Gasteiger partial charge < -0.3 is 9.73 Å². The van der Waals surface area contributed by atoms with Crippen LogP contribution in [0.25, 0.3) is 0 Å². The number of hydrogen-bond acceptors (Lipinski definition) is 4. The van der Waals surface area contributed by atoms with Crippen molar-refractivity contribution in [2.75, 3.05) is 6.54 Å². The summed E-state index contributed by atoms with van der Waals surface area (Å²) in [5, 5.41) is 7.94. The number of furan rings is 1. The minimum Gasteiger partial charge on any atom is -0.447 e. The summed E-state index contributed by atoms with van der Waals surface area (Å²) in [6.45, 7) is 1.51. The van der Waals surface area contributed by atoms with Gasteiger partial charge in [0.05, 0.1) is 6.54 Å². The van der Waals surface area contributed by atoms with Crippen molar-refractivity contribution in [1.82, 2.24) is 5.32 Å². The SMILES string of the molecule is NS(=O)(=O)c1ccc(CNCC2CC2)o1. The molecule has 2 rings (SSSR count). The van der Waals surface area contributed by atoms with Crippen LogP contribution in [0.15, 0.2) is 21.6 Å². The molecule has 1 aromatic rings. The fourth-order valence-electron chi connectivity index (χ4n) is 1.33. The zero-order valence-corrected chi connectivity index (χ0v) is 9.09. The van der Waals surface area contributed by atoms with Crippen LogP contribution in [0.5, 0.6) is 0 Å². The number of sulfonamides is 1. The molecule has 6 heteroatoms. The van der Waals surface area contributed by atoms with Crippen LogP contribution in [0.1, 0.15) is 18.6 Å². The summed E-state index contributed by atoms with van der Waals surface area (Å²) in [4.78, 5) is 0. The zero-order valence-electron chi connectivity index (χ0n) is 8.27. The average molecular weight is 230 g/mol. The minimum atomic E-state index is -3.71. The van der Waals surface area contributed by atoms with Gasteiger partial charge in [0.15, 0.2) is 0 Å². The predicted octanol–water partition coefficient (Wildman–Crippen LogP) is 0.427. The minimum absolute atomic E-state index is 0.175. The lowest BCUT2D eigenvalue weighted by Crippen LogP contribution is -2.15. The quantitative estimate of drug-likeness (QED) is 0.768. The molecule has 0 aliphatic heterocycles. The van der Waals surface area contributed by atoms with Gasteiger partial charge in [-0.05, 0) is 37.4 Å². The lowest BCUT2D eigenvalue weighted by Gasteiger charge is -1.99. The van der Waals surface area contributed by atoms with Crippen molar-refractivity contribution >= 4 is 10.0 Å². The van der Waals surface area contributed by atoms with Crippen molar-refractivity contribution < 1.29 is 12.8 Å². The molecule has 15 heavy (non-hydrogen) atoms. The molecule has 5 nitrogen and oxygen atoms in total. The fraction of sp³-hybridized carbons (Fsp3) is 0.556. The second kappa shape index (κ2) is 3.96. The maximum absolute atomic E-state index is 10.9. The third-order valence-corrected chi connectivity index (χ3v) is 3.13. The fourth-order valence-corrected chi connectivity index (χ4v) is 1.81. The molecule has 0 spiro atoms. The Hall–Kier alpha value is -0.850. The third-order valence-electron chi connectivity index (χ3n) is 2.35. The monoisotopic (exact) mass is 230 g/mol. The van der Waals surface area contributed by atoms with Crippen LogP contribution >= 0.6 is 0 Å². The van der Waals surface area contributed by atoms with E-state index in [2.05, 4.69) is 5.32 Å². The highest BCUT2D eigenvalue weighted by Gasteiger charge is 2.20. The summed E-state index contributed by atoms with van der Waals surface area (Å²) in [6.07, 6.45) is 2.57. The summed E-state index contributed by atoms with van der Waals surface area (Å²) in [5.41, 5.74) is 0. The number of nitrogens with two attached hydrogens (primary N) is 1. The molecular formula is C9H14N2O3S. The van der Waals surface area contributed by atoms with Crippen molar-refractivity contribution in [2.24, 2.45) is 11.1 Å². The van der Waals surface area contributed by atoms with Crippen LogP contribution in [-0.2, 0) is 16.6 Å². The van der Waals surface area contributed by atoms with Crippen molar-refractivity contribution in [3.8, 4) is 0 Å². The van der Waals surface area contributed by atoms with Gasteiger partial charge in [-0.15, -0.1) is 0 Å². The van der Waals surface area contributed by atoms with Gasteiger partial charge in [0, 0.05) is 0 Å². The summed E-state index contributed by atoms with van der Waals surface area (Å²) >= 11 is 0. The van der Waals surface area contributed by atoms with Gasteiger partial charge in [0.2, 0.25) is 5.09 Å². The number of primary sulfonamides is 1. The molecule has 0 radical (unpaired) electrons. The van der Waals surface area contributed by atoms with Crippen LogP contribution in [0.4, 0.5) is 0 Å². The van der Waals surface area contributed by atoms with Gasteiger partial charge in [-0.2, -0.15) is 0 Å². The number of hydrogen-bond donors (Lipinski definition) is 2. The molecule has 1 fully saturated rings. The van der Waals surface area contributed by atoms with E-state index in [4.69, 9.17) is 9.56 Å². The molecular weight excluding hydrogens is 216 g/mol. The Balaban J connectivity index is 1.88. The first-order chi connectivity index (χ1) is 7.05. The lowest BCUT2D eigenvalue weighted by molar-refractivity contribution is 0.401. The largest absolute Gasteiger partial charge is 0.447 e. The summed E-state index contributed by atoms with van der Waals surface area (Å²) in [6, 6.07) is 3.00. The lowest BCUT2D eigenvalue weighted by atomic mass is 10.4. The van der Waals surface area contributed by atoms with Crippen LogP contribution in [-0.4, -0.2) is 15.0 Å². The molecule has 1 aromatic heterocycles. The molecule has 84 valence electrons. The molecule has 1 heterocycles. The van der Waals surface area contributed by atoms with E-state index in [0.29, 0.717) is 12.3 Å². The summed E-state index contributed by atoms with van der Waals surface area (Å²) < 4.78 is 26.9. The molecule has 0 saturated heterocycles. The van der Waals surface area contributed by atoms with Crippen molar-refractivity contribution in [1.29, 1.82) is 0 Å². The first-order valence-corrected chi connectivity index (χ1v) is 6.42. The molecule has 1 saturated carbocycles. The standard InChI is InChI=1S/C9H14N2O3S/c10-15(12,13)9-4-3-8(14-9)6-11-5-7-1-2-7/h3-4,7,11H,1-2,5-6H2,(H2,10,12,13). The van der Waals surface area contributed by atoms with E-state index >= 15 is 0 Å². The van der Waals surface area contributed by atoms with E-state index in [1.54, 1.807) is 6.07 Å². The number of rotatable bonds is 5. The molecule has 0 unspecified atom stereocenters. The van der Waals surface area contributed by atoms with Gasteiger partial charge in [-0.25, -0.2) is 13.6 Å². The van der Waals surface area contributed by atoms with Gasteiger partial charge in [-0.3, -0.25) is 0 Å². The molecule has 1 aliphatic carbocycles. The molecule has 3 N–H and O–H groups in total. The third kappa shape index (κ3) is 3.05. The van der Waals surface area contributed by atoms with E-state index in [1.165, 1.54) is 18.9 Å². The van der Waals surface area contributed by atoms with E-state index in [-0.39, 0.29) is 5.09 Å². The molecule has 0 aromatic carbocycles. The van der Waals surface area contributed by atoms with Crippen LogP contribution in [0.2, 0.25) is 0 Å². The van der Waals surface area contributed by atoms with E-state index in [1.807, 2.05) is 0 Å². The second-order valence-electron chi connectivity index (χ2n) is 3.84. The number of nitrogens with one attached hydrogen (secondary N) is 1. The smallest absolute Gasteiger partial charge is 0.271 e. The van der Waals surface area contributed by atoms with E-state index in [0.717, 1.165) is 12.5 Å². The summed E-state index contributed by atoms with van der Waals surface area (Å²) in [5.74, 6) is 1.39. The highest BCUT2D eigenvalue weighted by molar-refractivity contribution is 7.89. The summed E-state index contributed by atoms with van der Waals surface area (Å²) in [7, 11) is -3.71. The molecule has 0 amide bonds. The maximum Gasteiger partial charge on any atom is 0.271 e. The van der Waals surface area contributed by atoms with E-state index in [9.17, 15) is 8.42 Å². The van der Waals surface area contributed by atoms with Gasteiger partial charge in [-0.1, -0.05) is 0 Å². The van der Waals surface area contributed by atoms with Gasteiger partial charge >= 0.3 is 0 Å². The molecule has 0 atom stereocenters. The first-order valence-electron chi connectivity index (χ1n) is 4.88. The Bertz CT molecular complexity index is 434. The normalized spacial score (nSPS) is 16.9. The van der Waals surface area contributed by atoms with Crippen molar-refractivity contribution in [3.63, 3.8) is 0 Å². The Labute approximate surface area is 88.7 Å². The van der Waals surface area contributed by atoms with Gasteiger partial charge in [0.1, 0.15) is 5.76 Å². The zero-order chi connectivity index (χ0) is 10.9. The Morgan fingerprint density at radius 3 is 2.73 bits per heavy atom. The first kappa shape index (κ1) is 10.7. The van der Waals surface area contributed by atoms with Crippen LogP contribution in [0, 0.1) is 5.92 Å². The predicted molar refractivity (Wildman–Crippen MR) is 54.5 cm³/mol. The Morgan fingerprint density at radius 2 is 2.20 bits per heavy atom.